The summed E-state index contributed by atoms with van der Waals surface area (Å²) in [6.07, 6.45) is 5.14. The molecule has 1 fully saturated rings. The molecule has 1 N–H and O–H groups in total. The molecule has 0 radical (unpaired) electrons. The average Bonchev–Trinajstić information content (AvgIpc) is 2.55. The summed E-state index contributed by atoms with van der Waals surface area (Å²) in [7, 11) is -1.02. The Balaban J connectivity index is 1.71. The molecule has 2 heterocycles. The highest BCUT2D eigenvalue weighted by atomic mass is 32.2. The van der Waals surface area contributed by atoms with Crippen molar-refractivity contribution in [3.63, 3.8) is 0 Å². The van der Waals surface area contributed by atoms with E-state index >= 15 is 0 Å². The molecular formula is C16H23N4O2S+. The van der Waals surface area contributed by atoms with Crippen LogP contribution in [0.15, 0.2) is 29.2 Å². The third-order valence-corrected chi connectivity index (χ3v) is 5.54. The third-order valence-electron chi connectivity index (χ3n) is 4.41. The van der Waals surface area contributed by atoms with E-state index in [0.717, 1.165) is 31.7 Å². The number of sulfone groups is 1. The van der Waals surface area contributed by atoms with Crippen molar-refractivity contribution in [1.29, 1.82) is 0 Å². The zero-order chi connectivity index (χ0) is 16.4. The molecule has 2 atom stereocenters. The van der Waals surface area contributed by atoms with Gasteiger partial charge in [0.25, 0.3) is 12.4 Å². The van der Waals surface area contributed by atoms with Gasteiger partial charge in [0.2, 0.25) is 0 Å². The minimum absolute atomic E-state index is 0.00161. The van der Waals surface area contributed by atoms with E-state index in [1.165, 1.54) is 6.26 Å². The minimum atomic E-state index is -3.16. The van der Waals surface area contributed by atoms with Crippen LogP contribution in [0.5, 0.6) is 0 Å². The van der Waals surface area contributed by atoms with E-state index in [-0.39, 0.29) is 12.2 Å². The second kappa shape index (κ2) is 6.55. The lowest BCUT2D eigenvalue weighted by molar-refractivity contribution is 0.122. The topological polar surface area (TPSA) is 66.8 Å². The van der Waals surface area contributed by atoms with E-state index in [9.17, 15) is 8.42 Å². The van der Waals surface area contributed by atoms with Gasteiger partial charge in [-0.3, -0.25) is 10.2 Å². The third kappa shape index (κ3) is 3.88. The maximum Gasteiger partial charge on any atom is 0.300 e. The Hall–Kier alpha value is -1.50. The minimum Gasteiger partial charge on any atom is -0.304 e. The van der Waals surface area contributed by atoms with Gasteiger partial charge in [-0.25, -0.2) is 8.42 Å². The van der Waals surface area contributed by atoms with Gasteiger partial charge >= 0.3 is 0 Å². The molecule has 0 aromatic heterocycles. The monoisotopic (exact) mass is 335 g/mol. The normalized spacial score (nSPS) is 26.5. The first-order valence-corrected chi connectivity index (χ1v) is 9.68. The predicted octanol–water partition coefficient (Wildman–Crippen LogP) is -0.483. The maximum absolute atomic E-state index is 11.5. The highest BCUT2D eigenvalue weighted by Gasteiger charge is 2.30. The molecule has 1 aromatic carbocycles. The number of nitrogens with one attached hydrogen (secondary N) is 1. The van der Waals surface area contributed by atoms with Crippen LogP contribution in [0.1, 0.15) is 11.6 Å². The predicted molar refractivity (Wildman–Crippen MR) is 92.5 cm³/mol. The van der Waals surface area contributed by atoms with E-state index in [1.54, 1.807) is 12.1 Å². The van der Waals surface area contributed by atoms with Crippen molar-refractivity contribution in [2.75, 3.05) is 39.5 Å². The Bertz CT molecular complexity index is 715. The second-order valence-electron chi connectivity index (χ2n) is 6.22. The Labute approximate surface area is 137 Å². The van der Waals surface area contributed by atoms with E-state index in [0.29, 0.717) is 4.90 Å². The van der Waals surface area contributed by atoms with Gasteiger partial charge in [0.15, 0.2) is 16.0 Å². The van der Waals surface area contributed by atoms with Crippen molar-refractivity contribution in [2.45, 2.75) is 17.1 Å². The zero-order valence-corrected chi connectivity index (χ0v) is 14.3. The van der Waals surface area contributed by atoms with Crippen molar-refractivity contribution in [2.24, 2.45) is 0 Å². The van der Waals surface area contributed by atoms with Crippen LogP contribution in [0.2, 0.25) is 0 Å². The molecule has 0 aliphatic carbocycles. The molecule has 7 heteroatoms. The first-order chi connectivity index (χ1) is 10.9. The lowest BCUT2D eigenvalue weighted by Gasteiger charge is -2.36. The number of likely N-dealkylation sites (N-methyl/N-ethyl adjacent to an activating group) is 1. The van der Waals surface area contributed by atoms with Crippen LogP contribution in [0.25, 0.3) is 0 Å². The summed E-state index contributed by atoms with van der Waals surface area (Å²) < 4.78 is 27.5. The highest BCUT2D eigenvalue weighted by molar-refractivity contribution is 7.90. The van der Waals surface area contributed by atoms with E-state index < -0.39 is 9.84 Å². The number of nitrogens with zero attached hydrogens (tertiary/aromatic N) is 3. The van der Waals surface area contributed by atoms with E-state index in [1.807, 2.05) is 24.6 Å². The summed E-state index contributed by atoms with van der Waals surface area (Å²) >= 11 is 0. The van der Waals surface area contributed by atoms with Crippen LogP contribution in [-0.4, -0.2) is 76.3 Å². The van der Waals surface area contributed by atoms with Crippen molar-refractivity contribution in [3.8, 4) is 0 Å². The fourth-order valence-corrected chi connectivity index (χ4v) is 3.52. The number of piperazine rings is 1. The molecule has 0 spiro atoms. The van der Waals surface area contributed by atoms with Crippen LogP contribution in [0, 0.1) is 0 Å². The van der Waals surface area contributed by atoms with Crippen molar-refractivity contribution in [1.82, 2.24) is 19.8 Å². The summed E-state index contributed by atoms with van der Waals surface area (Å²) in [5.41, 5.74) is 1.02. The van der Waals surface area contributed by atoms with E-state index in [4.69, 9.17) is 0 Å². The standard InChI is InChI=1S/C16H23N4O2S/c1-19-7-9-20(10-8-19)16-12-17-11-15(18-16)13-3-5-14(6-4-13)23(2,21)22/h3-6,11-12,15-16,18H,7-10H2,1-2H3/q+1. The van der Waals surface area contributed by atoms with Gasteiger partial charge in [-0.2, -0.15) is 0 Å². The fraction of sp³-hybridized carbons (Fsp3) is 0.500. The fourth-order valence-electron chi connectivity index (χ4n) is 2.89. The molecule has 23 heavy (non-hydrogen) atoms. The lowest BCUT2D eigenvalue weighted by Crippen LogP contribution is -2.56. The Morgan fingerprint density at radius 1 is 1.09 bits per heavy atom. The van der Waals surface area contributed by atoms with Gasteiger partial charge in [-0.1, -0.05) is 12.1 Å². The number of rotatable bonds is 3. The second-order valence-corrected chi connectivity index (χ2v) is 8.23. The molecule has 2 aliphatic rings. The highest BCUT2D eigenvalue weighted by Crippen LogP contribution is 2.17. The smallest absolute Gasteiger partial charge is 0.300 e. The Morgan fingerprint density at radius 2 is 1.74 bits per heavy atom. The van der Waals surface area contributed by atoms with Gasteiger partial charge in [0.1, 0.15) is 6.04 Å². The van der Waals surface area contributed by atoms with Crippen molar-refractivity contribution < 1.29 is 8.42 Å². The molecule has 0 amide bonds. The summed E-state index contributed by atoms with van der Waals surface area (Å²) in [4.78, 5) is 5.05. The number of benzene rings is 1. The molecule has 1 saturated heterocycles. The molecule has 0 saturated carbocycles. The van der Waals surface area contributed by atoms with Gasteiger partial charge < -0.3 is 4.90 Å². The zero-order valence-electron chi connectivity index (χ0n) is 13.5. The van der Waals surface area contributed by atoms with Crippen LogP contribution < -0.4 is 9.98 Å². The van der Waals surface area contributed by atoms with Crippen molar-refractivity contribution in [3.05, 3.63) is 29.8 Å². The first kappa shape index (κ1) is 16.4. The maximum atomic E-state index is 11.5. The molecule has 6 nitrogen and oxygen atoms in total. The van der Waals surface area contributed by atoms with Gasteiger partial charge in [-0.05, 0) is 24.7 Å². The summed E-state index contributed by atoms with van der Waals surface area (Å²) in [5, 5.41) is 3.57. The Kier molecular flexibility index (Phi) is 4.66. The van der Waals surface area contributed by atoms with Gasteiger partial charge in [0, 0.05) is 32.4 Å². The van der Waals surface area contributed by atoms with E-state index in [2.05, 4.69) is 26.8 Å². The molecule has 1 aromatic rings. The average molecular weight is 335 g/mol. The summed E-state index contributed by atoms with van der Waals surface area (Å²) in [6, 6.07) is 7.02. The summed E-state index contributed by atoms with van der Waals surface area (Å²) in [5.74, 6) is 0. The first-order valence-electron chi connectivity index (χ1n) is 7.79. The molecule has 0 bridgehead atoms. The quantitative estimate of drug-likeness (QED) is 0.756. The van der Waals surface area contributed by atoms with Crippen LogP contribution in [0.4, 0.5) is 0 Å². The Morgan fingerprint density at radius 3 is 2.35 bits per heavy atom. The number of hydrogen-bond acceptors (Lipinski definition) is 5. The number of hydrogen-bond donors (Lipinski definition) is 1. The SMILES string of the molecule is CN1CCN(C2C=[N+]=CC(c3ccc(S(C)(=O)=O)cc3)N2)CC1. The molecule has 2 unspecified atom stereocenters. The molecule has 124 valence electrons. The van der Waals surface area contributed by atoms with Crippen LogP contribution >= 0.6 is 0 Å². The van der Waals surface area contributed by atoms with Gasteiger partial charge in [-0.15, -0.1) is 4.67 Å². The summed E-state index contributed by atoms with van der Waals surface area (Å²) in [6.45, 7) is 4.15. The van der Waals surface area contributed by atoms with Crippen molar-refractivity contribution >= 4 is 22.3 Å². The molecular weight excluding hydrogens is 312 g/mol. The van der Waals surface area contributed by atoms with Crippen LogP contribution in [0.3, 0.4) is 0 Å². The van der Waals surface area contributed by atoms with Crippen LogP contribution in [-0.2, 0) is 9.84 Å². The molecule has 3 rings (SSSR count). The largest absolute Gasteiger partial charge is 0.304 e. The molecule has 2 aliphatic heterocycles. The van der Waals surface area contributed by atoms with Gasteiger partial charge in [0.05, 0.1) is 4.90 Å². The lowest BCUT2D eigenvalue weighted by atomic mass is 10.1.